The summed E-state index contributed by atoms with van der Waals surface area (Å²) in [6.45, 7) is 15.0. The highest BCUT2D eigenvalue weighted by Crippen LogP contribution is 2.29. The molecule has 1 atom stereocenters. The van der Waals surface area contributed by atoms with Crippen LogP contribution in [0.25, 0.3) is 0 Å². The first-order chi connectivity index (χ1) is 12.8. The fourth-order valence-corrected chi connectivity index (χ4v) is 3.47. The summed E-state index contributed by atoms with van der Waals surface area (Å²) in [4.78, 5) is 12.9. The van der Waals surface area contributed by atoms with E-state index in [2.05, 4.69) is 44.8 Å². The topological polar surface area (TPSA) is 29.1 Å². The van der Waals surface area contributed by atoms with Crippen molar-refractivity contribution in [1.82, 2.24) is 5.32 Å². The molecule has 1 aromatic carbocycles. The number of rotatable bonds is 13. The van der Waals surface area contributed by atoms with Crippen LogP contribution in [-0.4, -0.2) is 11.8 Å². The second-order valence-corrected chi connectivity index (χ2v) is 8.42. The van der Waals surface area contributed by atoms with E-state index in [1.165, 1.54) is 24.8 Å². The molecule has 1 unspecified atom stereocenters. The molecule has 0 aromatic heterocycles. The molecule has 1 rings (SSSR count). The first-order valence-corrected chi connectivity index (χ1v) is 10.4. The second kappa shape index (κ2) is 11.8. The molecule has 1 aromatic rings. The van der Waals surface area contributed by atoms with Gasteiger partial charge in [0.25, 0.3) is 0 Å². The summed E-state index contributed by atoms with van der Waals surface area (Å²) < 4.78 is 0. The standard InChI is InChI=1S/C25H39NO/c1-7-17-25(5,6)18-13-12-16-24(27)23(26-21(4)20(3)8-2)19-22-14-10-9-11-15-22/h8-11,14-15,23,26H,4,7,12-13,16-19H2,1-3,5-6H3/b20-8-. The molecule has 2 nitrogen and oxygen atoms in total. The molecule has 0 bridgehead atoms. The molecule has 0 spiro atoms. The smallest absolute Gasteiger partial charge is 0.155 e. The lowest BCUT2D eigenvalue weighted by atomic mass is 9.82. The van der Waals surface area contributed by atoms with Crippen molar-refractivity contribution in [2.45, 2.75) is 85.6 Å². The summed E-state index contributed by atoms with van der Waals surface area (Å²) in [5.41, 5.74) is 3.49. The molecule has 0 saturated heterocycles. The predicted octanol–water partition coefficient (Wildman–Crippen LogP) is 6.62. The minimum Gasteiger partial charge on any atom is -0.375 e. The SMILES string of the molecule is C=C(NC(Cc1ccccc1)C(=O)CCCCC(C)(C)CCC)/C(C)=C\C. The van der Waals surface area contributed by atoms with E-state index in [1.807, 2.05) is 38.1 Å². The zero-order chi connectivity index (χ0) is 20.3. The fourth-order valence-electron chi connectivity index (χ4n) is 3.47. The number of carbonyl (C=O) groups excluding carboxylic acids is 1. The molecule has 0 saturated carbocycles. The van der Waals surface area contributed by atoms with Crippen molar-refractivity contribution < 1.29 is 4.79 Å². The van der Waals surface area contributed by atoms with Gasteiger partial charge >= 0.3 is 0 Å². The number of allylic oxidation sites excluding steroid dienone is 2. The highest BCUT2D eigenvalue weighted by Gasteiger charge is 2.20. The van der Waals surface area contributed by atoms with Crippen molar-refractivity contribution in [1.29, 1.82) is 0 Å². The largest absolute Gasteiger partial charge is 0.375 e. The lowest BCUT2D eigenvalue weighted by Gasteiger charge is -2.24. The Balaban J connectivity index is 2.65. The maximum Gasteiger partial charge on any atom is 0.155 e. The van der Waals surface area contributed by atoms with Crippen molar-refractivity contribution >= 4 is 5.78 Å². The summed E-state index contributed by atoms with van der Waals surface area (Å²) in [7, 11) is 0. The van der Waals surface area contributed by atoms with E-state index in [-0.39, 0.29) is 11.8 Å². The van der Waals surface area contributed by atoms with Crippen molar-refractivity contribution in [3.05, 3.63) is 59.8 Å². The van der Waals surface area contributed by atoms with Crippen LogP contribution >= 0.6 is 0 Å². The van der Waals surface area contributed by atoms with Gasteiger partial charge in [0, 0.05) is 12.1 Å². The number of unbranched alkanes of at least 4 members (excludes halogenated alkanes) is 1. The zero-order valence-corrected chi connectivity index (χ0v) is 18.1. The highest BCUT2D eigenvalue weighted by molar-refractivity contribution is 5.84. The number of ketones is 1. The average Bonchev–Trinajstić information content (AvgIpc) is 2.64. The normalized spacial score (nSPS) is 13.3. The Kier molecular flexibility index (Phi) is 10.1. The van der Waals surface area contributed by atoms with Crippen LogP contribution in [0.2, 0.25) is 0 Å². The Morgan fingerprint density at radius 2 is 1.85 bits per heavy atom. The minimum absolute atomic E-state index is 0.210. The lowest BCUT2D eigenvalue weighted by Crippen LogP contribution is -2.38. The molecule has 2 heteroatoms. The van der Waals surface area contributed by atoms with Crippen molar-refractivity contribution in [3.8, 4) is 0 Å². The predicted molar refractivity (Wildman–Crippen MR) is 118 cm³/mol. The maximum atomic E-state index is 12.9. The van der Waals surface area contributed by atoms with Gasteiger partial charge in [-0.2, -0.15) is 0 Å². The van der Waals surface area contributed by atoms with Crippen LogP contribution in [0.3, 0.4) is 0 Å². The molecule has 27 heavy (non-hydrogen) atoms. The van der Waals surface area contributed by atoms with Crippen LogP contribution in [0.5, 0.6) is 0 Å². The van der Waals surface area contributed by atoms with Gasteiger partial charge in [-0.05, 0) is 56.1 Å². The Morgan fingerprint density at radius 1 is 1.19 bits per heavy atom. The van der Waals surface area contributed by atoms with E-state index in [0.717, 1.165) is 24.1 Å². The number of nitrogens with one attached hydrogen (secondary N) is 1. The Morgan fingerprint density at radius 3 is 2.44 bits per heavy atom. The van der Waals surface area contributed by atoms with Crippen LogP contribution < -0.4 is 5.32 Å². The van der Waals surface area contributed by atoms with Crippen molar-refractivity contribution in [2.24, 2.45) is 5.41 Å². The van der Waals surface area contributed by atoms with Gasteiger partial charge in [0.15, 0.2) is 5.78 Å². The van der Waals surface area contributed by atoms with Gasteiger partial charge in [-0.1, -0.05) is 76.6 Å². The molecular formula is C25H39NO. The van der Waals surface area contributed by atoms with E-state index >= 15 is 0 Å². The number of hydrogen-bond donors (Lipinski definition) is 1. The third-order valence-electron chi connectivity index (χ3n) is 5.38. The minimum atomic E-state index is -0.210. The van der Waals surface area contributed by atoms with Crippen molar-refractivity contribution in [3.63, 3.8) is 0 Å². The lowest BCUT2D eigenvalue weighted by molar-refractivity contribution is -0.121. The van der Waals surface area contributed by atoms with Crippen LogP contribution in [0.1, 0.15) is 78.7 Å². The van der Waals surface area contributed by atoms with Gasteiger partial charge in [0.05, 0.1) is 6.04 Å². The molecule has 0 aliphatic rings. The Labute approximate surface area is 167 Å². The third kappa shape index (κ3) is 9.08. The van der Waals surface area contributed by atoms with Gasteiger partial charge in [0.1, 0.15) is 0 Å². The van der Waals surface area contributed by atoms with Gasteiger partial charge in [-0.15, -0.1) is 0 Å². The second-order valence-electron chi connectivity index (χ2n) is 8.42. The highest BCUT2D eigenvalue weighted by atomic mass is 16.1. The zero-order valence-electron chi connectivity index (χ0n) is 18.1. The molecule has 0 aliphatic carbocycles. The van der Waals surface area contributed by atoms with E-state index in [1.54, 1.807) is 0 Å². The number of Topliss-reactive ketones (excluding diaryl/α,β-unsaturated/α-hetero) is 1. The molecule has 1 N–H and O–H groups in total. The fraction of sp³-hybridized carbons (Fsp3) is 0.560. The van der Waals surface area contributed by atoms with E-state index in [0.29, 0.717) is 18.3 Å². The molecule has 0 fully saturated rings. The molecule has 0 heterocycles. The molecule has 0 amide bonds. The number of hydrogen-bond acceptors (Lipinski definition) is 2. The molecular weight excluding hydrogens is 330 g/mol. The summed E-state index contributed by atoms with van der Waals surface area (Å²) in [5, 5.41) is 3.38. The number of benzene rings is 1. The Bertz CT molecular complexity index is 612. The number of carbonyl (C=O) groups is 1. The van der Waals surface area contributed by atoms with Crippen LogP contribution in [0.15, 0.2) is 54.3 Å². The van der Waals surface area contributed by atoms with Crippen LogP contribution in [0, 0.1) is 5.41 Å². The van der Waals surface area contributed by atoms with Gasteiger partial charge in [-0.25, -0.2) is 0 Å². The van der Waals surface area contributed by atoms with Crippen LogP contribution in [0.4, 0.5) is 0 Å². The first kappa shape index (κ1) is 23.2. The van der Waals surface area contributed by atoms with Gasteiger partial charge in [-0.3, -0.25) is 4.79 Å². The summed E-state index contributed by atoms with van der Waals surface area (Å²) in [6.07, 6.45) is 9.11. The molecule has 0 aliphatic heterocycles. The summed E-state index contributed by atoms with van der Waals surface area (Å²) in [6, 6.07) is 10.0. The van der Waals surface area contributed by atoms with Gasteiger partial charge < -0.3 is 5.32 Å². The van der Waals surface area contributed by atoms with E-state index in [4.69, 9.17) is 0 Å². The first-order valence-electron chi connectivity index (χ1n) is 10.4. The Hall–Kier alpha value is -1.83. The maximum absolute atomic E-state index is 12.9. The summed E-state index contributed by atoms with van der Waals surface area (Å²) >= 11 is 0. The average molecular weight is 370 g/mol. The monoisotopic (exact) mass is 369 g/mol. The van der Waals surface area contributed by atoms with Gasteiger partial charge in [0.2, 0.25) is 0 Å². The van der Waals surface area contributed by atoms with Crippen molar-refractivity contribution in [2.75, 3.05) is 0 Å². The third-order valence-corrected chi connectivity index (χ3v) is 5.38. The van der Waals surface area contributed by atoms with E-state index in [9.17, 15) is 4.79 Å². The molecule has 0 radical (unpaired) electrons. The van der Waals surface area contributed by atoms with Crippen LogP contribution in [-0.2, 0) is 11.2 Å². The van der Waals surface area contributed by atoms with E-state index < -0.39 is 0 Å². The summed E-state index contributed by atoms with van der Waals surface area (Å²) in [5.74, 6) is 0.289. The molecule has 150 valence electrons. The quantitative estimate of drug-likeness (QED) is 0.312.